The quantitative estimate of drug-likeness (QED) is 0.794. The van der Waals surface area contributed by atoms with E-state index in [1.165, 1.54) is 4.88 Å². The zero-order valence-electron chi connectivity index (χ0n) is 11.5. The van der Waals surface area contributed by atoms with Crippen LogP contribution in [0.1, 0.15) is 21.5 Å². The summed E-state index contributed by atoms with van der Waals surface area (Å²) in [4.78, 5) is 18.8. The van der Waals surface area contributed by atoms with Crippen molar-refractivity contribution in [3.05, 3.63) is 21.9 Å². The number of aliphatic hydroxyl groups is 1. The zero-order valence-corrected chi connectivity index (χ0v) is 12.3. The first-order valence-electron chi connectivity index (χ1n) is 6.90. The van der Waals surface area contributed by atoms with Crippen molar-refractivity contribution in [2.75, 3.05) is 45.9 Å². The van der Waals surface area contributed by atoms with E-state index in [4.69, 9.17) is 5.11 Å². The lowest BCUT2D eigenvalue weighted by Gasteiger charge is -2.33. The summed E-state index contributed by atoms with van der Waals surface area (Å²) in [5.41, 5.74) is 0. The monoisotopic (exact) mass is 282 g/mol. The topological polar surface area (TPSA) is 43.8 Å². The summed E-state index contributed by atoms with van der Waals surface area (Å²) in [5, 5.41) is 8.90. The highest BCUT2D eigenvalue weighted by atomic mass is 32.1. The Labute approximate surface area is 118 Å². The molecule has 1 aromatic rings. The second-order valence-corrected chi connectivity index (χ2v) is 6.05. The van der Waals surface area contributed by atoms with Crippen LogP contribution in [-0.4, -0.2) is 66.6 Å². The summed E-state index contributed by atoms with van der Waals surface area (Å²) in [6.07, 6.45) is 0.998. The molecule has 1 aliphatic heterocycles. The molecule has 1 saturated heterocycles. The molecule has 0 spiro atoms. The number of hydrogen-bond acceptors (Lipinski definition) is 5. The van der Waals surface area contributed by atoms with Crippen molar-refractivity contribution >= 4 is 17.1 Å². The highest BCUT2D eigenvalue weighted by Crippen LogP contribution is 2.18. The van der Waals surface area contributed by atoms with E-state index in [0.717, 1.165) is 44.0 Å². The number of carbonyl (C=O) groups excluding carboxylic acids is 1. The third-order valence-electron chi connectivity index (χ3n) is 3.53. The van der Waals surface area contributed by atoms with E-state index in [-0.39, 0.29) is 12.4 Å². The second kappa shape index (κ2) is 7.14. The van der Waals surface area contributed by atoms with Crippen LogP contribution in [0.2, 0.25) is 0 Å². The minimum atomic E-state index is 0.216. The molecule has 0 unspecified atom stereocenters. The highest BCUT2D eigenvalue weighted by Gasteiger charge is 2.19. The Morgan fingerprint density at radius 1 is 1.26 bits per heavy atom. The highest BCUT2D eigenvalue weighted by molar-refractivity contribution is 7.14. The van der Waals surface area contributed by atoms with Crippen LogP contribution in [0.5, 0.6) is 0 Å². The summed E-state index contributed by atoms with van der Waals surface area (Å²) >= 11 is 1.62. The number of nitrogens with zero attached hydrogens (tertiary/aromatic N) is 2. The van der Waals surface area contributed by atoms with Crippen molar-refractivity contribution in [1.82, 2.24) is 9.80 Å². The molecule has 1 aliphatic rings. The van der Waals surface area contributed by atoms with Gasteiger partial charge in [0.05, 0.1) is 18.0 Å². The number of thiophene rings is 1. The second-order valence-electron chi connectivity index (χ2n) is 4.88. The molecule has 1 N–H and O–H groups in total. The summed E-state index contributed by atoms with van der Waals surface area (Å²) in [6.45, 7) is 7.31. The van der Waals surface area contributed by atoms with Gasteiger partial charge in [-0.1, -0.05) is 6.92 Å². The van der Waals surface area contributed by atoms with Crippen LogP contribution in [0.15, 0.2) is 12.1 Å². The molecule has 0 radical (unpaired) electrons. The van der Waals surface area contributed by atoms with E-state index >= 15 is 0 Å². The summed E-state index contributed by atoms with van der Waals surface area (Å²) in [7, 11) is 0. The van der Waals surface area contributed by atoms with Gasteiger partial charge in [0.2, 0.25) is 0 Å². The molecule has 0 aromatic carbocycles. The maximum atomic E-state index is 12.2. The predicted molar refractivity (Wildman–Crippen MR) is 78.0 cm³/mol. The molecule has 0 aliphatic carbocycles. The van der Waals surface area contributed by atoms with E-state index in [9.17, 15) is 4.79 Å². The molecule has 5 heteroatoms. The van der Waals surface area contributed by atoms with Gasteiger partial charge in [0, 0.05) is 37.6 Å². The van der Waals surface area contributed by atoms with Gasteiger partial charge in [-0.05, 0) is 18.6 Å². The molecule has 1 aromatic heterocycles. The average molecular weight is 282 g/mol. The number of hydrogen-bond donors (Lipinski definition) is 1. The Morgan fingerprint density at radius 3 is 2.53 bits per heavy atom. The van der Waals surface area contributed by atoms with E-state index in [0.29, 0.717) is 6.54 Å². The Bertz CT molecular complexity index is 411. The van der Waals surface area contributed by atoms with Gasteiger partial charge < -0.3 is 5.11 Å². The molecule has 4 nitrogen and oxygen atoms in total. The SMILES string of the molecule is CCc1ccc(C(=O)CN2CCN(CCO)CC2)s1. The number of β-amino-alcohol motifs (C(OH)–C–C–N with tert-alkyl or cyclic N) is 1. The maximum absolute atomic E-state index is 12.2. The van der Waals surface area contributed by atoms with Crippen LogP contribution >= 0.6 is 11.3 Å². The van der Waals surface area contributed by atoms with Crippen molar-refractivity contribution in [2.45, 2.75) is 13.3 Å². The third-order valence-corrected chi connectivity index (χ3v) is 4.80. The van der Waals surface area contributed by atoms with E-state index in [1.807, 2.05) is 6.07 Å². The van der Waals surface area contributed by atoms with Crippen LogP contribution in [-0.2, 0) is 6.42 Å². The predicted octanol–water partition coefficient (Wildman–Crippen LogP) is 1.10. The molecule has 0 atom stereocenters. The van der Waals surface area contributed by atoms with Crippen LogP contribution in [0.25, 0.3) is 0 Å². The number of Topliss-reactive ketones (excluding diaryl/α,β-unsaturated/α-hetero) is 1. The van der Waals surface area contributed by atoms with Gasteiger partial charge in [-0.25, -0.2) is 0 Å². The minimum absolute atomic E-state index is 0.216. The molecule has 2 rings (SSSR count). The van der Waals surface area contributed by atoms with Crippen molar-refractivity contribution in [1.29, 1.82) is 0 Å². The molecule has 106 valence electrons. The first kappa shape index (κ1) is 14.7. The van der Waals surface area contributed by atoms with Crippen LogP contribution in [0.3, 0.4) is 0 Å². The lowest BCUT2D eigenvalue weighted by atomic mass is 10.2. The van der Waals surface area contributed by atoms with Gasteiger partial charge in [-0.3, -0.25) is 14.6 Å². The van der Waals surface area contributed by atoms with Gasteiger partial charge in [0.25, 0.3) is 0 Å². The van der Waals surface area contributed by atoms with Crippen LogP contribution < -0.4 is 0 Å². The lowest BCUT2D eigenvalue weighted by molar-refractivity contribution is 0.0826. The zero-order chi connectivity index (χ0) is 13.7. The van der Waals surface area contributed by atoms with Crippen LogP contribution in [0.4, 0.5) is 0 Å². The molecule has 1 fully saturated rings. The van der Waals surface area contributed by atoms with Gasteiger partial charge in [-0.2, -0.15) is 0 Å². The summed E-state index contributed by atoms with van der Waals surface area (Å²) < 4.78 is 0. The average Bonchev–Trinajstić information content (AvgIpc) is 2.90. The fourth-order valence-corrected chi connectivity index (χ4v) is 3.19. The molecule has 2 heterocycles. The minimum Gasteiger partial charge on any atom is -0.395 e. The summed E-state index contributed by atoms with van der Waals surface area (Å²) in [6, 6.07) is 4.00. The lowest BCUT2D eigenvalue weighted by Crippen LogP contribution is -2.48. The number of rotatable bonds is 6. The Hall–Kier alpha value is -0.750. The smallest absolute Gasteiger partial charge is 0.186 e. The largest absolute Gasteiger partial charge is 0.395 e. The Balaban J connectivity index is 1.80. The van der Waals surface area contributed by atoms with Gasteiger partial charge in [-0.15, -0.1) is 11.3 Å². The van der Waals surface area contributed by atoms with Gasteiger partial charge in [0.1, 0.15) is 0 Å². The first-order valence-corrected chi connectivity index (χ1v) is 7.72. The Kier molecular flexibility index (Phi) is 5.51. The maximum Gasteiger partial charge on any atom is 0.186 e. The van der Waals surface area contributed by atoms with E-state index in [2.05, 4.69) is 22.8 Å². The van der Waals surface area contributed by atoms with Crippen molar-refractivity contribution < 1.29 is 9.90 Å². The van der Waals surface area contributed by atoms with Crippen molar-refractivity contribution in [2.24, 2.45) is 0 Å². The Morgan fingerprint density at radius 2 is 1.95 bits per heavy atom. The summed E-state index contributed by atoms with van der Waals surface area (Å²) in [5.74, 6) is 0.236. The van der Waals surface area contributed by atoms with Gasteiger partial charge in [0.15, 0.2) is 5.78 Å². The fourth-order valence-electron chi connectivity index (χ4n) is 2.31. The number of aliphatic hydroxyl groups excluding tert-OH is 1. The molecular formula is C14H22N2O2S. The van der Waals surface area contributed by atoms with Crippen LogP contribution in [0, 0.1) is 0 Å². The molecular weight excluding hydrogens is 260 g/mol. The van der Waals surface area contributed by atoms with Crippen molar-refractivity contribution in [3.63, 3.8) is 0 Å². The molecule has 19 heavy (non-hydrogen) atoms. The number of piperazine rings is 1. The molecule has 0 amide bonds. The normalized spacial score (nSPS) is 17.8. The fraction of sp³-hybridized carbons (Fsp3) is 0.643. The molecule has 0 saturated carbocycles. The van der Waals surface area contributed by atoms with E-state index in [1.54, 1.807) is 11.3 Å². The number of aryl methyl sites for hydroxylation is 1. The number of carbonyl (C=O) groups is 1. The third kappa shape index (κ3) is 4.11. The first-order chi connectivity index (χ1) is 9.22. The number of ketones is 1. The van der Waals surface area contributed by atoms with Crippen molar-refractivity contribution in [3.8, 4) is 0 Å². The van der Waals surface area contributed by atoms with E-state index < -0.39 is 0 Å². The standard InChI is InChI=1S/C14H22N2O2S/c1-2-12-3-4-14(19-12)13(18)11-16-7-5-15(6-8-16)9-10-17/h3-4,17H,2,5-11H2,1H3. The van der Waals surface area contributed by atoms with Gasteiger partial charge >= 0.3 is 0 Å². The molecule has 0 bridgehead atoms.